The van der Waals surface area contributed by atoms with Crippen LogP contribution in [-0.4, -0.2) is 39.5 Å². The van der Waals surface area contributed by atoms with E-state index in [9.17, 15) is 9.59 Å². The maximum absolute atomic E-state index is 12.8. The minimum atomic E-state index is -0.377. The van der Waals surface area contributed by atoms with Crippen LogP contribution in [0.3, 0.4) is 0 Å². The van der Waals surface area contributed by atoms with Gasteiger partial charge in [0.15, 0.2) is 0 Å². The molecule has 1 aromatic carbocycles. The number of nitrogens with one attached hydrogen (secondary N) is 1. The Morgan fingerprint density at radius 1 is 1.23 bits per heavy atom. The molecule has 4 rings (SSSR count). The predicted molar refractivity (Wildman–Crippen MR) is 115 cm³/mol. The number of nitrogens with zero attached hydrogens (tertiary/aromatic N) is 3. The Hall–Kier alpha value is -3.39. The first-order valence-electron chi connectivity index (χ1n) is 9.96. The second kappa shape index (κ2) is 8.16. The number of anilines is 1. The van der Waals surface area contributed by atoms with Crippen LogP contribution in [0.25, 0.3) is 16.9 Å². The molecule has 0 unspecified atom stereocenters. The van der Waals surface area contributed by atoms with E-state index in [0.29, 0.717) is 30.3 Å². The summed E-state index contributed by atoms with van der Waals surface area (Å²) in [6, 6.07) is 11.2. The number of carbonyl (C=O) groups is 1. The van der Waals surface area contributed by atoms with E-state index in [1.807, 2.05) is 37.3 Å². The summed E-state index contributed by atoms with van der Waals surface area (Å²) in [4.78, 5) is 25.5. The molecule has 1 aliphatic rings. The Morgan fingerprint density at radius 3 is 2.63 bits per heavy atom. The van der Waals surface area contributed by atoms with Gasteiger partial charge in [-0.25, -0.2) is 4.68 Å². The zero-order valence-electron chi connectivity index (χ0n) is 17.1. The molecule has 1 fully saturated rings. The van der Waals surface area contributed by atoms with Crippen molar-refractivity contribution in [2.75, 3.05) is 18.9 Å². The van der Waals surface area contributed by atoms with Gasteiger partial charge in [0, 0.05) is 43.6 Å². The van der Waals surface area contributed by atoms with Crippen molar-refractivity contribution in [2.45, 2.75) is 25.8 Å². The van der Waals surface area contributed by atoms with Gasteiger partial charge in [0.1, 0.15) is 11.4 Å². The molecule has 3 heterocycles. The van der Waals surface area contributed by atoms with E-state index in [2.05, 4.69) is 10.4 Å². The Kier molecular flexibility index (Phi) is 5.41. The van der Waals surface area contributed by atoms with Crippen LogP contribution >= 0.6 is 0 Å². The largest absolute Gasteiger partial charge is 0.383 e. The van der Waals surface area contributed by atoms with Crippen molar-refractivity contribution >= 4 is 11.7 Å². The van der Waals surface area contributed by atoms with Gasteiger partial charge in [0.25, 0.3) is 11.5 Å². The molecule has 1 saturated heterocycles. The van der Waals surface area contributed by atoms with E-state index in [1.165, 1.54) is 4.57 Å². The summed E-state index contributed by atoms with van der Waals surface area (Å²) in [6.07, 6.45) is 3.16. The highest BCUT2D eigenvalue weighted by molar-refractivity contribution is 5.95. The highest BCUT2D eigenvalue weighted by Gasteiger charge is 2.22. The summed E-state index contributed by atoms with van der Waals surface area (Å²) in [5.41, 5.74) is 8.96. The topological polar surface area (TPSA) is 104 Å². The third-order valence-electron chi connectivity index (χ3n) is 5.43. The van der Waals surface area contributed by atoms with Gasteiger partial charge in [-0.15, -0.1) is 0 Å². The maximum Gasteiger partial charge on any atom is 0.263 e. The predicted octanol–water partition coefficient (Wildman–Crippen LogP) is 2.04. The number of aryl methyl sites for hydroxylation is 1. The number of rotatable bonds is 4. The van der Waals surface area contributed by atoms with Crippen molar-refractivity contribution in [2.24, 2.45) is 7.05 Å². The third kappa shape index (κ3) is 3.73. The number of pyridine rings is 1. The summed E-state index contributed by atoms with van der Waals surface area (Å²) in [5.74, 6) is 0.135. The minimum Gasteiger partial charge on any atom is -0.383 e. The second-order valence-electron chi connectivity index (χ2n) is 7.52. The fourth-order valence-corrected chi connectivity index (χ4v) is 3.66. The summed E-state index contributed by atoms with van der Waals surface area (Å²) in [5, 5.41) is 7.62. The van der Waals surface area contributed by atoms with Crippen molar-refractivity contribution in [3.8, 4) is 16.9 Å². The van der Waals surface area contributed by atoms with Crippen molar-refractivity contribution in [1.82, 2.24) is 19.7 Å². The average Bonchev–Trinajstić information content (AvgIpc) is 3.06. The van der Waals surface area contributed by atoms with E-state index in [-0.39, 0.29) is 23.1 Å². The van der Waals surface area contributed by atoms with Crippen LogP contribution in [0.1, 0.15) is 28.8 Å². The number of amides is 1. The number of carbonyl (C=O) groups excluding carboxylic acids is 1. The molecule has 0 radical (unpaired) electrons. The number of aromatic nitrogens is 3. The summed E-state index contributed by atoms with van der Waals surface area (Å²) < 4.78 is 8.40. The zero-order valence-corrected chi connectivity index (χ0v) is 17.1. The van der Waals surface area contributed by atoms with Gasteiger partial charge in [-0.1, -0.05) is 18.2 Å². The smallest absolute Gasteiger partial charge is 0.263 e. The molecular weight excluding hydrogens is 382 g/mol. The fraction of sp³-hybridized carbons (Fsp3) is 0.318. The van der Waals surface area contributed by atoms with Crippen LogP contribution in [0.5, 0.6) is 0 Å². The Morgan fingerprint density at radius 2 is 1.93 bits per heavy atom. The van der Waals surface area contributed by atoms with Crippen LogP contribution < -0.4 is 16.6 Å². The van der Waals surface area contributed by atoms with Crippen molar-refractivity contribution in [1.29, 1.82) is 0 Å². The van der Waals surface area contributed by atoms with Crippen molar-refractivity contribution < 1.29 is 9.53 Å². The summed E-state index contributed by atoms with van der Waals surface area (Å²) in [6.45, 7) is 3.10. The van der Waals surface area contributed by atoms with E-state index >= 15 is 0 Å². The van der Waals surface area contributed by atoms with Crippen LogP contribution in [0.15, 0.2) is 47.4 Å². The monoisotopic (exact) mass is 407 g/mol. The first-order chi connectivity index (χ1) is 14.5. The van der Waals surface area contributed by atoms with Crippen molar-refractivity contribution in [3.05, 3.63) is 64.1 Å². The Bertz CT molecular complexity index is 1130. The number of para-hydroxylation sites is 1. The van der Waals surface area contributed by atoms with Gasteiger partial charge < -0.3 is 20.4 Å². The van der Waals surface area contributed by atoms with Gasteiger partial charge >= 0.3 is 0 Å². The summed E-state index contributed by atoms with van der Waals surface area (Å²) in [7, 11) is 1.63. The lowest BCUT2D eigenvalue weighted by Gasteiger charge is -2.23. The minimum absolute atomic E-state index is 0.00859. The standard InChI is InChI=1S/C22H25N5O3/c1-14-19(25-27(20(14)23)17-6-4-3-5-7-17)15-12-18(22(29)26(2)13-15)21(28)24-16-8-10-30-11-9-16/h3-7,12-13,16H,8-11,23H2,1-2H3,(H,24,28). The lowest BCUT2D eigenvalue weighted by atomic mass is 10.1. The zero-order chi connectivity index (χ0) is 21.3. The van der Waals surface area contributed by atoms with Gasteiger partial charge in [-0.3, -0.25) is 9.59 Å². The van der Waals surface area contributed by atoms with Gasteiger partial charge in [-0.2, -0.15) is 5.10 Å². The number of ether oxygens (including phenoxy) is 1. The molecule has 3 aromatic rings. The number of hydrogen-bond donors (Lipinski definition) is 2. The van der Waals surface area contributed by atoms with Crippen LogP contribution in [-0.2, 0) is 11.8 Å². The Labute approximate surface area is 174 Å². The molecule has 1 aliphatic heterocycles. The highest BCUT2D eigenvalue weighted by Crippen LogP contribution is 2.28. The molecular formula is C22H25N5O3. The molecule has 3 N–H and O–H groups in total. The molecule has 0 atom stereocenters. The molecule has 0 saturated carbocycles. The SMILES string of the molecule is Cc1c(-c2cc(C(=O)NC3CCOCC3)c(=O)n(C)c2)nn(-c2ccccc2)c1N. The highest BCUT2D eigenvalue weighted by atomic mass is 16.5. The van der Waals surface area contributed by atoms with Crippen LogP contribution in [0.4, 0.5) is 5.82 Å². The first-order valence-corrected chi connectivity index (χ1v) is 9.96. The quantitative estimate of drug-likeness (QED) is 0.689. The molecule has 0 spiro atoms. The van der Waals surface area contributed by atoms with E-state index in [1.54, 1.807) is 24.0 Å². The number of nitrogen functional groups attached to an aromatic ring is 1. The Balaban J connectivity index is 1.72. The van der Waals surface area contributed by atoms with Crippen molar-refractivity contribution in [3.63, 3.8) is 0 Å². The number of benzene rings is 1. The maximum atomic E-state index is 12.8. The molecule has 8 nitrogen and oxygen atoms in total. The normalized spacial score (nSPS) is 14.6. The molecule has 2 aromatic heterocycles. The van der Waals surface area contributed by atoms with Gasteiger partial charge in [0.2, 0.25) is 0 Å². The second-order valence-corrected chi connectivity index (χ2v) is 7.52. The van der Waals surface area contributed by atoms with Crippen LogP contribution in [0.2, 0.25) is 0 Å². The van der Waals surface area contributed by atoms with E-state index in [4.69, 9.17) is 10.5 Å². The van der Waals surface area contributed by atoms with Gasteiger partial charge in [0.05, 0.1) is 11.4 Å². The number of nitrogens with two attached hydrogens (primary N) is 1. The summed E-state index contributed by atoms with van der Waals surface area (Å²) >= 11 is 0. The lowest BCUT2D eigenvalue weighted by molar-refractivity contribution is 0.0695. The molecule has 0 bridgehead atoms. The van der Waals surface area contributed by atoms with E-state index < -0.39 is 0 Å². The van der Waals surface area contributed by atoms with Crippen LogP contribution in [0, 0.1) is 6.92 Å². The molecule has 0 aliphatic carbocycles. The third-order valence-corrected chi connectivity index (χ3v) is 5.43. The van der Waals surface area contributed by atoms with Gasteiger partial charge in [-0.05, 0) is 38.0 Å². The molecule has 8 heteroatoms. The first kappa shape index (κ1) is 19.9. The van der Waals surface area contributed by atoms with E-state index in [0.717, 1.165) is 24.1 Å². The fourth-order valence-electron chi connectivity index (χ4n) is 3.66. The number of hydrogen-bond acceptors (Lipinski definition) is 5. The molecule has 156 valence electrons. The molecule has 30 heavy (non-hydrogen) atoms. The molecule has 1 amide bonds. The lowest BCUT2D eigenvalue weighted by Crippen LogP contribution is -2.41. The average molecular weight is 407 g/mol.